The quantitative estimate of drug-likeness (QED) is 0.314. The topological polar surface area (TPSA) is 143 Å². The van der Waals surface area contributed by atoms with E-state index in [1.165, 1.54) is 31.2 Å². The maximum Gasteiger partial charge on any atom is 0.330 e. The van der Waals surface area contributed by atoms with Crippen LogP contribution in [0.2, 0.25) is 0 Å². The van der Waals surface area contributed by atoms with E-state index in [2.05, 4.69) is 0 Å². The standard InChI is InChI=1S/C25H28O9/c1-15(26)2-3-16-6-11-19(12-7-16)33-25-24(31)23(30)22(29)20(34-25)14-32-21(28)13-8-17-4-9-18(27)10-5-17/h4-13,20,22-25,27,29-31H,2-3,14H2,1H3/b13-8+/t20-,22-,23+,24-,25-/m1/s1. The van der Waals surface area contributed by atoms with Crippen molar-refractivity contribution in [2.75, 3.05) is 6.61 Å². The molecule has 0 amide bonds. The third kappa shape index (κ3) is 7.13. The zero-order valence-electron chi connectivity index (χ0n) is 18.6. The van der Waals surface area contributed by atoms with Crippen LogP contribution in [0.5, 0.6) is 11.5 Å². The summed E-state index contributed by atoms with van der Waals surface area (Å²) in [6.07, 6.45) is -3.37. The normalized spacial score (nSPS) is 24.6. The van der Waals surface area contributed by atoms with Gasteiger partial charge in [0.1, 0.15) is 48.3 Å². The molecule has 5 atom stereocenters. The van der Waals surface area contributed by atoms with E-state index in [0.29, 0.717) is 24.2 Å². The van der Waals surface area contributed by atoms with Gasteiger partial charge in [0, 0.05) is 12.5 Å². The van der Waals surface area contributed by atoms with Crippen LogP contribution in [0.25, 0.3) is 6.08 Å². The lowest BCUT2D eigenvalue weighted by molar-refractivity contribution is -0.278. The van der Waals surface area contributed by atoms with Crippen LogP contribution in [0.3, 0.4) is 0 Å². The van der Waals surface area contributed by atoms with Crippen LogP contribution in [-0.2, 0) is 25.5 Å². The van der Waals surface area contributed by atoms with Gasteiger partial charge >= 0.3 is 5.97 Å². The molecule has 2 aromatic rings. The molecule has 0 bridgehead atoms. The minimum Gasteiger partial charge on any atom is -0.508 e. The van der Waals surface area contributed by atoms with Crippen molar-refractivity contribution in [3.05, 3.63) is 65.7 Å². The average molecular weight is 472 g/mol. The monoisotopic (exact) mass is 472 g/mol. The van der Waals surface area contributed by atoms with Gasteiger partial charge in [-0.25, -0.2) is 4.79 Å². The van der Waals surface area contributed by atoms with Gasteiger partial charge in [-0.2, -0.15) is 0 Å². The van der Waals surface area contributed by atoms with Crippen molar-refractivity contribution >= 4 is 17.8 Å². The summed E-state index contributed by atoms with van der Waals surface area (Å²) in [6.45, 7) is 1.15. The Labute approximate surface area is 196 Å². The molecule has 9 heteroatoms. The molecule has 182 valence electrons. The van der Waals surface area contributed by atoms with Crippen LogP contribution in [0.15, 0.2) is 54.6 Å². The molecule has 1 saturated heterocycles. The summed E-state index contributed by atoms with van der Waals surface area (Å²) in [5.41, 5.74) is 1.61. The van der Waals surface area contributed by atoms with Gasteiger partial charge in [-0.05, 0) is 54.8 Å². The predicted molar refractivity (Wildman–Crippen MR) is 121 cm³/mol. The van der Waals surface area contributed by atoms with E-state index in [0.717, 1.165) is 5.56 Å². The van der Waals surface area contributed by atoms with Crippen LogP contribution in [-0.4, -0.2) is 69.5 Å². The first kappa shape index (κ1) is 25.4. The number of benzene rings is 2. The molecule has 0 saturated carbocycles. The van der Waals surface area contributed by atoms with Gasteiger partial charge in [0.15, 0.2) is 0 Å². The van der Waals surface area contributed by atoms with Crippen molar-refractivity contribution in [2.45, 2.75) is 50.5 Å². The average Bonchev–Trinajstić information content (AvgIpc) is 2.82. The highest BCUT2D eigenvalue weighted by Gasteiger charge is 2.45. The van der Waals surface area contributed by atoms with Crippen molar-refractivity contribution in [1.29, 1.82) is 0 Å². The van der Waals surface area contributed by atoms with Gasteiger partial charge < -0.3 is 39.4 Å². The van der Waals surface area contributed by atoms with E-state index in [1.807, 2.05) is 0 Å². The molecule has 1 aliphatic heterocycles. The van der Waals surface area contributed by atoms with Gasteiger partial charge in [0.25, 0.3) is 0 Å². The van der Waals surface area contributed by atoms with Crippen LogP contribution in [0, 0.1) is 0 Å². The Kier molecular flexibility index (Phi) is 8.78. The Bertz CT molecular complexity index is 984. The number of carbonyl (C=O) groups excluding carboxylic acids is 2. The maximum absolute atomic E-state index is 12.0. The van der Waals surface area contributed by atoms with Gasteiger partial charge in [0.05, 0.1) is 0 Å². The SMILES string of the molecule is CC(=O)CCc1ccc(O[C@@H]2O[C@H](COC(=O)/C=C/c3ccc(O)cc3)[C@@H](O)[C@H](O)[C@H]2O)cc1. The Morgan fingerprint density at radius 2 is 1.65 bits per heavy atom. The van der Waals surface area contributed by atoms with Gasteiger partial charge in [0.2, 0.25) is 6.29 Å². The highest BCUT2D eigenvalue weighted by molar-refractivity contribution is 5.87. The minimum atomic E-state index is -1.58. The van der Waals surface area contributed by atoms with Crippen LogP contribution < -0.4 is 4.74 Å². The largest absolute Gasteiger partial charge is 0.508 e. The zero-order chi connectivity index (χ0) is 24.7. The molecule has 0 aliphatic carbocycles. The predicted octanol–water partition coefficient (Wildman–Crippen LogP) is 1.36. The first-order valence-corrected chi connectivity index (χ1v) is 10.8. The Morgan fingerprint density at radius 3 is 2.29 bits per heavy atom. The number of aromatic hydroxyl groups is 1. The smallest absolute Gasteiger partial charge is 0.330 e. The summed E-state index contributed by atoms with van der Waals surface area (Å²) in [4.78, 5) is 23.1. The number of aliphatic hydroxyl groups is 3. The molecule has 0 aromatic heterocycles. The Balaban J connectivity index is 1.55. The van der Waals surface area contributed by atoms with Crippen molar-refractivity contribution in [2.24, 2.45) is 0 Å². The molecule has 3 rings (SSSR count). The number of aryl methyl sites for hydroxylation is 1. The lowest BCUT2D eigenvalue weighted by Crippen LogP contribution is -2.60. The fourth-order valence-electron chi connectivity index (χ4n) is 3.30. The second-order valence-corrected chi connectivity index (χ2v) is 8.03. The van der Waals surface area contributed by atoms with E-state index in [1.54, 1.807) is 36.4 Å². The molecule has 1 aliphatic rings. The van der Waals surface area contributed by atoms with Gasteiger partial charge in [-0.1, -0.05) is 24.3 Å². The fraction of sp³-hybridized carbons (Fsp3) is 0.360. The number of phenols is 1. The summed E-state index contributed by atoms with van der Waals surface area (Å²) in [5.74, 6) is -0.159. The molecule has 4 N–H and O–H groups in total. The van der Waals surface area contributed by atoms with E-state index >= 15 is 0 Å². The Morgan fingerprint density at radius 1 is 0.971 bits per heavy atom. The highest BCUT2D eigenvalue weighted by atomic mass is 16.7. The number of hydrogen-bond acceptors (Lipinski definition) is 9. The van der Waals surface area contributed by atoms with E-state index in [9.17, 15) is 30.0 Å². The summed E-state index contributed by atoms with van der Waals surface area (Å²) in [5, 5.41) is 40.0. The van der Waals surface area contributed by atoms with E-state index in [-0.39, 0.29) is 18.1 Å². The van der Waals surface area contributed by atoms with Crippen molar-refractivity contribution in [1.82, 2.24) is 0 Å². The number of phenolic OH excluding ortho intramolecular Hbond substituents is 1. The fourth-order valence-corrected chi connectivity index (χ4v) is 3.30. The van der Waals surface area contributed by atoms with E-state index in [4.69, 9.17) is 14.2 Å². The molecule has 9 nitrogen and oxygen atoms in total. The lowest BCUT2D eigenvalue weighted by Gasteiger charge is -2.39. The number of ketones is 1. The summed E-state index contributed by atoms with van der Waals surface area (Å²) >= 11 is 0. The van der Waals surface area contributed by atoms with Crippen LogP contribution in [0.1, 0.15) is 24.5 Å². The van der Waals surface area contributed by atoms with Crippen LogP contribution >= 0.6 is 0 Å². The minimum absolute atomic E-state index is 0.0918. The first-order chi connectivity index (χ1) is 16.2. The lowest BCUT2D eigenvalue weighted by atomic mass is 9.99. The zero-order valence-corrected chi connectivity index (χ0v) is 18.6. The van der Waals surface area contributed by atoms with Crippen molar-refractivity contribution in [3.8, 4) is 11.5 Å². The van der Waals surface area contributed by atoms with Crippen LogP contribution in [0.4, 0.5) is 0 Å². The number of ether oxygens (including phenoxy) is 3. The molecular formula is C25H28O9. The molecule has 34 heavy (non-hydrogen) atoms. The number of rotatable bonds is 9. The maximum atomic E-state index is 12.0. The number of Topliss-reactive ketones (excluding diaryl/α,β-unsaturated/α-hetero) is 1. The molecule has 1 fully saturated rings. The second-order valence-electron chi connectivity index (χ2n) is 8.03. The van der Waals surface area contributed by atoms with Crippen molar-refractivity contribution in [3.63, 3.8) is 0 Å². The number of hydrogen-bond donors (Lipinski definition) is 4. The molecule has 0 spiro atoms. The molecular weight excluding hydrogens is 444 g/mol. The van der Waals surface area contributed by atoms with Gasteiger partial charge in [-0.15, -0.1) is 0 Å². The van der Waals surface area contributed by atoms with Gasteiger partial charge in [-0.3, -0.25) is 0 Å². The van der Waals surface area contributed by atoms with Crippen molar-refractivity contribution < 1.29 is 44.2 Å². The van der Waals surface area contributed by atoms with E-state index < -0.39 is 36.7 Å². The third-order valence-corrected chi connectivity index (χ3v) is 5.30. The molecule has 1 heterocycles. The molecule has 2 aromatic carbocycles. The molecule has 0 unspecified atom stereocenters. The number of aliphatic hydroxyl groups excluding tert-OH is 3. The Hall–Kier alpha value is -3.24. The summed E-state index contributed by atoms with van der Waals surface area (Å²) < 4.78 is 16.3. The number of esters is 1. The molecule has 0 radical (unpaired) electrons. The third-order valence-electron chi connectivity index (χ3n) is 5.30. The highest BCUT2D eigenvalue weighted by Crippen LogP contribution is 2.25. The summed E-state index contributed by atoms with van der Waals surface area (Å²) in [7, 11) is 0. The number of carbonyl (C=O) groups is 2. The first-order valence-electron chi connectivity index (χ1n) is 10.8. The second kappa shape index (κ2) is 11.8. The summed E-state index contributed by atoms with van der Waals surface area (Å²) in [6, 6.07) is 13.0.